The second-order valence-electron chi connectivity index (χ2n) is 3.15. The average molecular weight is 234 g/mol. The lowest BCUT2D eigenvalue weighted by atomic mass is 10.3. The van der Waals surface area contributed by atoms with E-state index in [9.17, 15) is 13.2 Å². The summed E-state index contributed by atoms with van der Waals surface area (Å²) in [6.45, 7) is 1.91. The van der Waals surface area contributed by atoms with Crippen molar-refractivity contribution in [2.24, 2.45) is 0 Å². The van der Waals surface area contributed by atoms with Crippen LogP contribution in [-0.4, -0.2) is 24.3 Å². The molecule has 1 N–H and O–H groups in total. The van der Waals surface area contributed by atoms with Crippen molar-refractivity contribution in [1.29, 1.82) is 0 Å². The first-order valence-electron chi connectivity index (χ1n) is 4.87. The van der Waals surface area contributed by atoms with E-state index < -0.39 is 12.8 Å². The van der Waals surface area contributed by atoms with Crippen molar-refractivity contribution in [3.63, 3.8) is 0 Å². The van der Waals surface area contributed by atoms with Crippen molar-refractivity contribution in [2.45, 2.75) is 19.6 Å². The Labute approximate surface area is 91.6 Å². The largest absolute Gasteiger partial charge is 0.468 e. The van der Waals surface area contributed by atoms with Gasteiger partial charge in [-0.3, -0.25) is 0 Å². The van der Waals surface area contributed by atoms with Gasteiger partial charge in [0.25, 0.3) is 0 Å². The Morgan fingerprint density at radius 3 is 2.75 bits per heavy atom. The van der Waals surface area contributed by atoms with Gasteiger partial charge in [0.1, 0.15) is 0 Å². The molecule has 0 saturated carbocycles. The Morgan fingerprint density at radius 2 is 2.12 bits per heavy atom. The minimum atomic E-state index is -4.33. The molecule has 0 saturated heterocycles. The molecular formula is C10H13F3N2O. The first-order valence-corrected chi connectivity index (χ1v) is 4.87. The number of hydrogen-bond acceptors (Lipinski definition) is 3. The zero-order valence-corrected chi connectivity index (χ0v) is 8.84. The maximum Gasteiger partial charge on any atom is 0.422 e. The van der Waals surface area contributed by atoms with Gasteiger partial charge >= 0.3 is 6.18 Å². The molecular weight excluding hydrogens is 221 g/mol. The Balaban J connectivity index is 2.53. The molecule has 0 aliphatic carbocycles. The van der Waals surface area contributed by atoms with Crippen LogP contribution in [0.25, 0.3) is 0 Å². The van der Waals surface area contributed by atoms with Crippen LogP contribution in [0.2, 0.25) is 0 Å². The molecule has 16 heavy (non-hydrogen) atoms. The van der Waals surface area contributed by atoms with Crippen LogP contribution >= 0.6 is 0 Å². The van der Waals surface area contributed by atoms with Gasteiger partial charge in [0.15, 0.2) is 6.61 Å². The molecule has 0 amide bonds. The predicted molar refractivity (Wildman–Crippen MR) is 53.2 cm³/mol. The van der Waals surface area contributed by atoms with Gasteiger partial charge in [-0.15, -0.1) is 0 Å². The number of aromatic nitrogens is 1. The summed E-state index contributed by atoms with van der Waals surface area (Å²) < 4.78 is 40.2. The molecule has 0 fully saturated rings. The smallest absolute Gasteiger partial charge is 0.422 e. The van der Waals surface area contributed by atoms with Gasteiger partial charge in [-0.05, 0) is 12.6 Å². The van der Waals surface area contributed by atoms with E-state index in [1.807, 2.05) is 6.92 Å². The fourth-order valence-electron chi connectivity index (χ4n) is 1.05. The predicted octanol–water partition coefficient (Wildman–Crippen LogP) is 2.13. The highest BCUT2D eigenvalue weighted by atomic mass is 19.4. The molecule has 3 nitrogen and oxygen atoms in total. The zero-order chi connectivity index (χ0) is 12.0. The van der Waals surface area contributed by atoms with Crippen molar-refractivity contribution < 1.29 is 17.9 Å². The van der Waals surface area contributed by atoms with Crippen LogP contribution in [-0.2, 0) is 6.54 Å². The van der Waals surface area contributed by atoms with Gasteiger partial charge < -0.3 is 10.1 Å². The maximum atomic E-state index is 11.9. The number of pyridine rings is 1. The summed E-state index contributed by atoms with van der Waals surface area (Å²) in [5, 5.41) is 3.02. The van der Waals surface area contributed by atoms with Gasteiger partial charge in [-0.1, -0.05) is 13.0 Å². The topological polar surface area (TPSA) is 34.1 Å². The molecule has 1 heterocycles. The Kier molecular flexibility index (Phi) is 4.54. The third-order valence-corrected chi connectivity index (χ3v) is 1.72. The normalized spacial score (nSPS) is 11.5. The van der Waals surface area contributed by atoms with E-state index in [2.05, 4.69) is 15.0 Å². The number of rotatable bonds is 5. The van der Waals surface area contributed by atoms with E-state index >= 15 is 0 Å². The van der Waals surface area contributed by atoms with E-state index in [4.69, 9.17) is 0 Å². The molecule has 0 bridgehead atoms. The molecule has 1 rings (SSSR count). The molecule has 6 heteroatoms. The fourth-order valence-corrected chi connectivity index (χ4v) is 1.05. The van der Waals surface area contributed by atoms with Crippen LogP contribution in [0.15, 0.2) is 18.2 Å². The number of nitrogens with zero attached hydrogens (tertiary/aromatic N) is 1. The Morgan fingerprint density at radius 1 is 1.38 bits per heavy atom. The molecule has 0 spiro atoms. The monoisotopic (exact) mass is 234 g/mol. The number of hydrogen-bond donors (Lipinski definition) is 1. The van der Waals surface area contributed by atoms with E-state index in [0.29, 0.717) is 12.2 Å². The summed E-state index contributed by atoms with van der Waals surface area (Å²) in [7, 11) is 0. The highest BCUT2D eigenvalue weighted by Gasteiger charge is 2.28. The van der Waals surface area contributed by atoms with Crippen LogP contribution in [0.4, 0.5) is 13.2 Å². The number of ether oxygens (including phenoxy) is 1. The van der Waals surface area contributed by atoms with Gasteiger partial charge in [-0.2, -0.15) is 13.2 Å². The lowest BCUT2D eigenvalue weighted by molar-refractivity contribution is -0.154. The standard InChI is InChI=1S/C10H13F3N2O/c1-2-14-6-8-4-3-5-9(15-8)16-7-10(11,12)13/h3-5,14H,2,6-7H2,1H3. The molecule has 0 aliphatic heterocycles. The van der Waals surface area contributed by atoms with E-state index in [1.165, 1.54) is 6.07 Å². The second kappa shape index (κ2) is 5.69. The fraction of sp³-hybridized carbons (Fsp3) is 0.500. The van der Waals surface area contributed by atoms with Crippen LogP contribution in [0.5, 0.6) is 5.88 Å². The average Bonchev–Trinajstić information content (AvgIpc) is 2.23. The highest BCUT2D eigenvalue weighted by Crippen LogP contribution is 2.17. The molecule has 0 aromatic carbocycles. The van der Waals surface area contributed by atoms with Gasteiger partial charge in [0, 0.05) is 12.6 Å². The SMILES string of the molecule is CCNCc1cccc(OCC(F)(F)F)n1. The lowest BCUT2D eigenvalue weighted by Gasteiger charge is -2.09. The zero-order valence-electron chi connectivity index (χ0n) is 8.84. The first-order chi connectivity index (χ1) is 7.51. The third-order valence-electron chi connectivity index (χ3n) is 1.72. The van der Waals surface area contributed by atoms with Gasteiger partial charge in [0.05, 0.1) is 5.69 Å². The van der Waals surface area contributed by atoms with Gasteiger partial charge in [0.2, 0.25) is 5.88 Å². The van der Waals surface area contributed by atoms with Crippen LogP contribution in [0.3, 0.4) is 0 Å². The van der Waals surface area contributed by atoms with Gasteiger partial charge in [-0.25, -0.2) is 4.98 Å². The molecule has 0 unspecified atom stereocenters. The summed E-state index contributed by atoms with van der Waals surface area (Å²) >= 11 is 0. The number of alkyl halides is 3. The second-order valence-corrected chi connectivity index (χ2v) is 3.15. The summed E-state index contributed by atoms with van der Waals surface area (Å²) in [4.78, 5) is 3.93. The van der Waals surface area contributed by atoms with Crippen LogP contribution in [0.1, 0.15) is 12.6 Å². The summed E-state index contributed by atoms with van der Waals surface area (Å²) in [5.74, 6) is -0.00673. The molecule has 1 aromatic heterocycles. The minimum Gasteiger partial charge on any atom is -0.468 e. The van der Waals surface area contributed by atoms with E-state index in [1.54, 1.807) is 12.1 Å². The molecule has 0 aliphatic rings. The van der Waals surface area contributed by atoms with E-state index in [-0.39, 0.29) is 5.88 Å². The quantitative estimate of drug-likeness (QED) is 0.847. The van der Waals surface area contributed by atoms with Crippen molar-refractivity contribution in [2.75, 3.05) is 13.2 Å². The van der Waals surface area contributed by atoms with Crippen molar-refractivity contribution in [3.8, 4) is 5.88 Å². The van der Waals surface area contributed by atoms with Crippen LogP contribution in [0, 0.1) is 0 Å². The Hall–Kier alpha value is -1.30. The molecule has 0 atom stereocenters. The summed E-state index contributed by atoms with van der Waals surface area (Å²) in [6, 6.07) is 4.75. The van der Waals surface area contributed by atoms with Crippen molar-refractivity contribution >= 4 is 0 Å². The van der Waals surface area contributed by atoms with E-state index in [0.717, 1.165) is 6.54 Å². The maximum absolute atomic E-state index is 11.9. The van der Waals surface area contributed by atoms with Crippen molar-refractivity contribution in [3.05, 3.63) is 23.9 Å². The summed E-state index contributed by atoms with van der Waals surface area (Å²) in [5.41, 5.74) is 0.654. The molecule has 0 radical (unpaired) electrons. The summed E-state index contributed by atoms with van der Waals surface area (Å²) in [6.07, 6.45) is -4.33. The third kappa shape index (κ3) is 4.97. The molecule has 90 valence electrons. The minimum absolute atomic E-state index is 0.00673. The Bertz CT molecular complexity index is 328. The van der Waals surface area contributed by atoms with Crippen molar-refractivity contribution in [1.82, 2.24) is 10.3 Å². The number of halogens is 3. The first kappa shape index (κ1) is 12.8. The van der Waals surface area contributed by atoms with Crippen LogP contribution < -0.4 is 10.1 Å². The molecule has 1 aromatic rings. The lowest BCUT2D eigenvalue weighted by Crippen LogP contribution is -2.20. The highest BCUT2D eigenvalue weighted by molar-refractivity contribution is 5.15. The number of nitrogens with one attached hydrogen (secondary N) is 1.